The van der Waals surface area contributed by atoms with Crippen LogP contribution in [0.5, 0.6) is 11.5 Å². The largest absolute Gasteiger partial charge is 0.454 e. The number of ether oxygens (including phenoxy) is 2. The van der Waals surface area contributed by atoms with Crippen molar-refractivity contribution in [1.82, 2.24) is 9.97 Å². The van der Waals surface area contributed by atoms with Gasteiger partial charge in [0.25, 0.3) is 0 Å². The zero-order valence-corrected chi connectivity index (χ0v) is 15.0. The molecular weight excluding hydrogens is 384 g/mol. The van der Waals surface area contributed by atoms with Gasteiger partial charge in [-0.2, -0.15) is 4.98 Å². The maximum absolute atomic E-state index is 5.39. The van der Waals surface area contributed by atoms with E-state index in [-0.39, 0.29) is 6.79 Å². The van der Waals surface area contributed by atoms with E-state index in [1.165, 1.54) is 0 Å². The van der Waals surface area contributed by atoms with Gasteiger partial charge in [0.05, 0.1) is 0 Å². The Morgan fingerprint density at radius 1 is 1.00 bits per heavy atom. The average molecular weight is 399 g/mol. The monoisotopic (exact) mass is 398 g/mol. The van der Waals surface area contributed by atoms with Gasteiger partial charge >= 0.3 is 0 Å². The van der Waals surface area contributed by atoms with E-state index in [2.05, 4.69) is 36.5 Å². The van der Waals surface area contributed by atoms with Gasteiger partial charge in [-0.3, -0.25) is 0 Å². The molecule has 0 bridgehead atoms. The lowest BCUT2D eigenvalue weighted by Gasteiger charge is -2.10. The Balaban J connectivity index is 1.53. The minimum Gasteiger partial charge on any atom is -0.454 e. The number of nitrogens with zero attached hydrogens (tertiary/aromatic N) is 2. The number of hydrogen-bond donors (Lipinski definition) is 2. The quantitative estimate of drug-likeness (QED) is 0.659. The van der Waals surface area contributed by atoms with E-state index in [1.54, 1.807) is 6.20 Å². The molecule has 4 rings (SSSR count). The molecule has 2 N–H and O–H groups in total. The molecule has 25 heavy (non-hydrogen) atoms. The highest BCUT2D eigenvalue weighted by Crippen LogP contribution is 2.35. The average Bonchev–Trinajstić information content (AvgIpc) is 3.05. The molecule has 0 unspecified atom stereocenters. The number of halogens is 1. The Morgan fingerprint density at radius 3 is 2.76 bits per heavy atom. The standard InChI is InChI=1S/C18H15BrN4O2/c1-11-8-12(19)2-4-14(11)22-18-20-7-6-17(23-18)21-13-3-5-15-16(9-13)25-10-24-15/h2-9H,10H2,1H3,(H2,20,21,22,23). The van der Waals surface area contributed by atoms with Gasteiger partial charge in [0, 0.05) is 28.1 Å². The highest BCUT2D eigenvalue weighted by atomic mass is 79.9. The van der Waals surface area contributed by atoms with Gasteiger partial charge in [0.2, 0.25) is 12.7 Å². The highest BCUT2D eigenvalue weighted by Gasteiger charge is 2.13. The van der Waals surface area contributed by atoms with Gasteiger partial charge < -0.3 is 20.1 Å². The van der Waals surface area contributed by atoms with Crippen LogP contribution in [0.3, 0.4) is 0 Å². The van der Waals surface area contributed by atoms with Crippen LogP contribution in [0, 0.1) is 6.92 Å². The fraction of sp³-hybridized carbons (Fsp3) is 0.111. The number of nitrogens with one attached hydrogen (secondary N) is 2. The summed E-state index contributed by atoms with van der Waals surface area (Å²) in [5, 5.41) is 6.49. The van der Waals surface area contributed by atoms with Crippen LogP contribution in [0.4, 0.5) is 23.1 Å². The molecule has 0 saturated carbocycles. The molecule has 0 fully saturated rings. The van der Waals surface area contributed by atoms with Crippen LogP contribution in [0.15, 0.2) is 53.1 Å². The van der Waals surface area contributed by atoms with E-state index in [1.807, 2.05) is 49.4 Å². The summed E-state index contributed by atoms with van der Waals surface area (Å²) >= 11 is 3.46. The second-order valence-corrected chi connectivity index (χ2v) is 6.46. The number of rotatable bonds is 4. The molecule has 126 valence electrons. The third-order valence-corrected chi connectivity index (χ3v) is 4.23. The summed E-state index contributed by atoms with van der Waals surface area (Å²) in [7, 11) is 0. The zero-order valence-electron chi connectivity index (χ0n) is 13.4. The number of aromatic nitrogens is 2. The molecule has 6 nitrogen and oxygen atoms in total. The molecule has 0 amide bonds. The normalized spacial score (nSPS) is 12.1. The lowest BCUT2D eigenvalue weighted by Crippen LogP contribution is -2.01. The SMILES string of the molecule is Cc1cc(Br)ccc1Nc1nccc(Nc2ccc3c(c2)OCO3)n1. The first-order chi connectivity index (χ1) is 12.2. The summed E-state index contributed by atoms with van der Waals surface area (Å²) in [5.74, 6) is 2.69. The number of fused-ring (bicyclic) bond motifs is 1. The molecule has 0 spiro atoms. The molecule has 1 aliphatic rings. The van der Waals surface area contributed by atoms with Crippen molar-refractivity contribution in [2.45, 2.75) is 6.92 Å². The first kappa shape index (κ1) is 15.7. The topological polar surface area (TPSA) is 68.3 Å². The molecule has 0 aliphatic carbocycles. The second-order valence-electron chi connectivity index (χ2n) is 5.54. The molecule has 2 heterocycles. The minimum atomic E-state index is 0.257. The Kier molecular flexibility index (Phi) is 4.15. The summed E-state index contributed by atoms with van der Waals surface area (Å²) in [6, 6.07) is 13.5. The van der Waals surface area contributed by atoms with Crippen LogP contribution < -0.4 is 20.1 Å². The lowest BCUT2D eigenvalue weighted by molar-refractivity contribution is 0.174. The van der Waals surface area contributed by atoms with Crippen LogP contribution in [0.25, 0.3) is 0 Å². The lowest BCUT2D eigenvalue weighted by atomic mass is 10.2. The van der Waals surface area contributed by atoms with Crippen LogP contribution in [0.1, 0.15) is 5.56 Å². The summed E-state index contributed by atoms with van der Waals surface area (Å²) in [6.45, 7) is 2.29. The van der Waals surface area contributed by atoms with Gasteiger partial charge in [-0.05, 0) is 48.9 Å². The first-order valence-corrected chi connectivity index (χ1v) is 8.49. The Labute approximate surface area is 153 Å². The third kappa shape index (κ3) is 3.51. The maximum atomic E-state index is 5.39. The Hall–Kier alpha value is -2.80. The van der Waals surface area contributed by atoms with Gasteiger partial charge in [0.15, 0.2) is 11.5 Å². The van der Waals surface area contributed by atoms with E-state index >= 15 is 0 Å². The van der Waals surface area contributed by atoms with Crippen molar-refractivity contribution in [2.75, 3.05) is 17.4 Å². The summed E-state index contributed by atoms with van der Waals surface area (Å²) in [6.07, 6.45) is 1.71. The van der Waals surface area contributed by atoms with Crippen molar-refractivity contribution in [2.24, 2.45) is 0 Å². The van der Waals surface area contributed by atoms with Crippen molar-refractivity contribution < 1.29 is 9.47 Å². The zero-order chi connectivity index (χ0) is 17.2. The first-order valence-electron chi connectivity index (χ1n) is 7.70. The van der Waals surface area contributed by atoms with E-state index in [4.69, 9.17) is 9.47 Å². The summed E-state index contributed by atoms with van der Waals surface area (Å²) in [5.41, 5.74) is 2.93. The predicted molar refractivity (Wildman–Crippen MR) is 100 cm³/mol. The van der Waals surface area contributed by atoms with E-state index in [0.29, 0.717) is 11.8 Å². The highest BCUT2D eigenvalue weighted by molar-refractivity contribution is 9.10. The number of benzene rings is 2. The summed E-state index contributed by atoms with van der Waals surface area (Å²) < 4.78 is 11.7. The maximum Gasteiger partial charge on any atom is 0.231 e. The predicted octanol–water partition coefficient (Wildman–Crippen LogP) is 4.76. The van der Waals surface area contributed by atoms with Gasteiger partial charge in [-0.1, -0.05) is 15.9 Å². The fourth-order valence-electron chi connectivity index (χ4n) is 2.50. The van der Waals surface area contributed by atoms with Crippen LogP contribution in [-0.4, -0.2) is 16.8 Å². The molecule has 2 aromatic carbocycles. The van der Waals surface area contributed by atoms with E-state index in [9.17, 15) is 0 Å². The number of hydrogen-bond acceptors (Lipinski definition) is 6. The van der Waals surface area contributed by atoms with E-state index in [0.717, 1.165) is 32.9 Å². The second kappa shape index (κ2) is 6.60. The summed E-state index contributed by atoms with van der Waals surface area (Å²) in [4.78, 5) is 8.78. The molecule has 3 aromatic rings. The van der Waals surface area contributed by atoms with Gasteiger partial charge in [-0.15, -0.1) is 0 Å². The third-order valence-electron chi connectivity index (χ3n) is 3.74. The van der Waals surface area contributed by atoms with Gasteiger partial charge in [0.1, 0.15) is 5.82 Å². The van der Waals surface area contributed by atoms with Crippen LogP contribution in [0.2, 0.25) is 0 Å². The molecule has 1 aliphatic heterocycles. The van der Waals surface area contributed by atoms with Crippen molar-refractivity contribution in [1.29, 1.82) is 0 Å². The minimum absolute atomic E-state index is 0.257. The van der Waals surface area contributed by atoms with Crippen molar-refractivity contribution in [3.05, 3.63) is 58.7 Å². The number of anilines is 4. The van der Waals surface area contributed by atoms with Crippen molar-refractivity contribution >= 4 is 39.1 Å². The van der Waals surface area contributed by atoms with Crippen LogP contribution >= 0.6 is 15.9 Å². The smallest absolute Gasteiger partial charge is 0.231 e. The molecule has 0 saturated heterocycles. The van der Waals surface area contributed by atoms with E-state index < -0.39 is 0 Å². The molecule has 1 aromatic heterocycles. The molecule has 0 radical (unpaired) electrons. The van der Waals surface area contributed by atoms with Crippen LogP contribution in [-0.2, 0) is 0 Å². The fourth-order valence-corrected chi connectivity index (χ4v) is 2.97. The Morgan fingerprint density at radius 2 is 1.88 bits per heavy atom. The number of aryl methyl sites for hydroxylation is 1. The van der Waals surface area contributed by atoms with Crippen molar-refractivity contribution in [3.63, 3.8) is 0 Å². The molecular formula is C18H15BrN4O2. The van der Waals surface area contributed by atoms with Gasteiger partial charge in [-0.25, -0.2) is 4.98 Å². The molecule has 0 atom stereocenters. The molecule has 7 heteroatoms. The van der Waals surface area contributed by atoms with Crippen molar-refractivity contribution in [3.8, 4) is 11.5 Å². The Bertz CT molecular complexity index is 933.